The first-order chi connectivity index (χ1) is 18.8. The third-order valence-corrected chi connectivity index (χ3v) is 7.42. The normalized spacial score (nSPS) is 12.5. The second-order valence-corrected chi connectivity index (χ2v) is 13.2. The molecule has 7 nitrogen and oxygen atoms in total. The number of hydrogen-bond donors (Lipinski definition) is 2. The molecule has 0 aliphatic carbocycles. The second-order valence-electron chi connectivity index (χ2n) is 10.1. The molecule has 0 spiro atoms. The monoisotopic (exact) mass is 651 g/mol. The van der Waals surface area contributed by atoms with Crippen molar-refractivity contribution < 1.29 is 43.2 Å². The number of rotatable bonds is 21. The topological polar surface area (TPSA) is 124 Å². The molecule has 0 bridgehead atoms. The van der Waals surface area contributed by atoms with Crippen molar-refractivity contribution in [2.45, 2.75) is 147 Å². The van der Waals surface area contributed by atoms with Crippen molar-refractivity contribution >= 4 is 20.0 Å². The first-order valence-electron chi connectivity index (χ1n) is 14.8. The maximum absolute atomic E-state index is 10.8. The molecule has 0 rings (SSSR count). The van der Waals surface area contributed by atoms with Crippen molar-refractivity contribution in [2.75, 3.05) is 19.6 Å². The molecule has 0 unspecified atom stereocenters. The summed E-state index contributed by atoms with van der Waals surface area (Å²) in [7, 11) is -10.7. The van der Waals surface area contributed by atoms with Gasteiger partial charge < -0.3 is 4.90 Å². The minimum atomic E-state index is -5.34. The number of halogens is 6. The molecule has 0 saturated carbocycles. The van der Waals surface area contributed by atoms with Crippen LogP contribution in [0.1, 0.15) is 136 Å². The third-order valence-electron chi connectivity index (χ3n) is 6.13. The Hall–Kier alpha value is -0.640. The highest BCUT2D eigenvalue weighted by Crippen LogP contribution is 2.19. The quantitative estimate of drug-likeness (QED) is 0.0963. The first kappa shape index (κ1) is 44.8. The van der Waals surface area contributed by atoms with Gasteiger partial charge in [-0.1, -0.05) is 117 Å². The first-order valence-corrected chi connectivity index (χ1v) is 17.8. The average molecular weight is 652 g/mol. The Balaban J connectivity index is -0.000000731. The van der Waals surface area contributed by atoms with E-state index in [1.54, 1.807) is 0 Å². The molecule has 0 aliphatic heterocycles. The van der Waals surface area contributed by atoms with Crippen LogP contribution >= 0.6 is 0 Å². The highest BCUT2D eigenvalue weighted by Gasteiger charge is 2.43. The van der Waals surface area contributed by atoms with Gasteiger partial charge >= 0.3 is 31.1 Å². The fraction of sp³-hybridized carbons (Fsp3) is 1.00. The molecule has 0 aromatic rings. The Kier molecular flexibility index (Phi) is 28.2. The van der Waals surface area contributed by atoms with Gasteiger partial charge in [0.15, 0.2) is 0 Å². The Morgan fingerprint density at radius 1 is 0.439 bits per heavy atom. The summed E-state index contributed by atoms with van der Waals surface area (Å²) < 4.78 is 102. The zero-order valence-corrected chi connectivity index (χ0v) is 26.8. The highest BCUT2D eigenvalue weighted by molar-refractivity contribution is 7.90. The number of unbranched alkanes of at least 4 members (excludes halogenated alkanes) is 15. The number of alkyl halides is 6. The summed E-state index contributed by atoms with van der Waals surface area (Å²) in [6.07, 6.45) is 25.7. The van der Waals surface area contributed by atoms with Crippen LogP contribution in [0, 0.1) is 0 Å². The number of sulfonamides is 2. The van der Waals surface area contributed by atoms with Crippen LogP contribution in [0.2, 0.25) is 0 Å². The van der Waals surface area contributed by atoms with Crippen molar-refractivity contribution in [1.82, 2.24) is 4.90 Å². The van der Waals surface area contributed by atoms with Crippen molar-refractivity contribution in [3.05, 3.63) is 0 Å². The second kappa shape index (κ2) is 25.8. The molecule has 0 saturated heterocycles. The minimum Gasteiger partial charge on any atom is -0.303 e. The third kappa shape index (κ3) is 32.1. The van der Waals surface area contributed by atoms with E-state index in [-0.39, 0.29) is 0 Å². The van der Waals surface area contributed by atoms with E-state index in [4.69, 9.17) is 0 Å². The molecule has 252 valence electrons. The van der Waals surface area contributed by atoms with E-state index in [9.17, 15) is 43.2 Å². The van der Waals surface area contributed by atoms with E-state index in [0.29, 0.717) is 0 Å². The maximum atomic E-state index is 10.8. The molecule has 0 heterocycles. The van der Waals surface area contributed by atoms with Gasteiger partial charge in [-0.25, -0.2) is 27.1 Å². The Morgan fingerprint density at radius 3 is 0.780 bits per heavy atom. The Labute approximate surface area is 245 Å². The van der Waals surface area contributed by atoms with Crippen LogP contribution in [0.25, 0.3) is 0 Å². The van der Waals surface area contributed by atoms with Crippen molar-refractivity contribution in [3.8, 4) is 0 Å². The van der Waals surface area contributed by atoms with Crippen LogP contribution in [-0.4, -0.2) is 52.4 Å². The van der Waals surface area contributed by atoms with Gasteiger partial charge in [0.25, 0.3) is 0 Å². The molecular formula is C26H55F6N3O4S2. The number of nitrogens with two attached hydrogens (primary N) is 2. The fourth-order valence-electron chi connectivity index (χ4n) is 3.68. The van der Waals surface area contributed by atoms with Crippen LogP contribution < -0.4 is 10.3 Å². The molecule has 4 N–H and O–H groups in total. The highest BCUT2D eigenvalue weighted by atomic mass is 32.2. The lowest BCUT2D eigenvalue weighted by atomic mass is 10.1. The predicted molar refractivity (Wildman–Crippen MR) is 155 cm³/mol. The van der Waals surface area contributed by atoms with Crippen LogP contribution in [0.5, 0.6) is 0 Å². The molecule has 0 aliphatic rings. The van der Waals surface area contributed by atoms with E-state index < -0.39 is 31.1 Å². The molecule has 0 aromatic carbocycles. The van der Waals surface area contributed by atoms with Gasteiger partial charge in [0.2, 0.25) is 0 Å². The van der Waals surface area contributed by atoms with Crippen molar-refractivity contribution in [3.63, 3.8) is 0 Å². The van der Waals surface area contributed by atoms with Gasteiger partial charge in [-0.05, 0) is 38.9 Å². The number of hydrogen-bond acceptors (Lipinski definition) is 5. The van der Waals surface area contributed by atoms with E-state index in [1.165, 1.54) is 135 Å². The van der Waals surface area contributed by atoms with Crippen LogP contribution in [-0.2, 0) is 20.0 Å². The van der Waals surface area contributed by atoms with Gasteiger partial charge in [-0.2, -0.15) is 26.3 Å². The summed E-state index contributed by atoms with van der Waals surface area (Å²) in [5.41, 5.74) is -10.6. The molecule has 15 heteroatoms. The predicted octanol–water partition coefficient (Wildman–Crippen LogP) is 7.96. The smallest absolute Gasteiger partial charge is 0.303 e. The summed E-state index contributed by atoms with van der Waals surface area (Å²) in [4.78, 5) is 2.79. The lowest BCUT2D eigenvalue weighted by molar-refractivity contribution is -0.0441. The molecule has 0 amide bonds. The summed E-state index contributed by atoms with van der Waals surface area (Å²) in [5, 5.41) is 7.32. The van der Waals surface area contributed by atoms with Crippen LogP contribution in [0.3, 0.4) is 0 Å². The van der Waals surface area contributed by atoms with Gasteiger partial charge in [-0.15, -0.1) is 0 Å². The summed E-state index contributed by atoms with van der Waals surface area (Å²) in [5.74, 6) is 0. The molecule has 41 heavy (non-hydrogen) atoms. The zero-order valence-electron chi connectivity index (χ0n) is 25.2. The Bertz CT molecular complexity index is 714. The van der Waals surface area contributed by atoms with Crippen molar-refractivity contribution in [2.24, 2.45) is 10.3 Å². The van der Waals surface area contributed by atoms with Gasteiger partial charge in [0.1, 0.15) is 0 Å². The lowest BCUT2D eigenvalue weighted by Gasteiger charge is -2.22. The van der Waals surface area contributed by atoms with E-state index in [0.717, 1.165) is 0 Å². The number of primary sulfonamides is 2. The Morgan fingerprint density at radius 2 is 0.610 bits per heavy atom. The van der Waals surface area contributed by atoms with Crippen molar-refractivity contribution in [1.29, 1.82) is 0 Å². The van der Waals surface area contributed by atoms with Crippen LogP contribution in [0.15, 0.2) is 0 Å². The summed E-state index contributed by atoms with van der Waals surface area (Å²) in [6, 6.07) is 0. The summed E-state index contributed by atoms with van der Waals surface area (Å²) >= 11 is 0. The van der Waals surface area contributed by atoms with E-state index in [1.807, 2.05) is 0 Å². The molecular weight excluding hydrogens is 596 g/mol. The van der Waals surface area contributed by atoms with Gasteiger partial charge in [-0.3, -0.25) is 0 Å². The van der Waals surface area contributed by atoms with Gasteiger partial charge in [0.05, 0.1) is 0 Å². The van der Waals surface area contributed by atoms with Crippen LogP contribution in [0.4, 0.5) is 26.3 Å². The maximum Gasteiger partial charge on any atom is 0.511 e. The largest absolute Gasteiger partial charge is 0.511 e. The standard InChI is InChI=1S/C24H51N.2CH2F3NO2S/c1-4-7-10-13-16-19-22-25(23-20-17-14-11-8-5-2)24-21-18-15-12-9-6-3;2*2-1(3,4)8(5,6)7/h4-24H2,1-3H3;2*(H2,5,6,7). The van der Waals surface area contributed by atoms with E-state index in [2.05, 4.69) is 35.9 Å². The lowest BCUT2D eigenvalue weighted by Crippen LogP contribution is -2.30. The van der Waals surface area contributed by atoms with E-state index >= 15 is 0 Å². The molecule has 0 radical (unpaired) electrons. The minimum absolute atomic E-state index is 1.36. The van der Waals surface area contributed by atoms with Gasteiger partial charge in [0, 0.05) is 0 Å². The number of nitrogens with zero attached hydrogens (tertiary/aromatic N) is 1. The summed E-state index contributed by atoms with van der Waals surface area (Å²) in [6.45, 7) is 11.0. The molecule has 0 fully saturated rings. The molecule has 0 atom stereocenters. The fourth-order valence-corrected chi connectivity index (χ4v) is 3.68. The average Bonchev–Trinajstić information content (AvgIpc) is 2.83. The zero-order chi connectivity index (χ0) is 32.4. The molecule has 0 aromatic heterocycles. The SMILES string of the molecule is CCCCCCCCN(CCCCCCCC)CCCCCCCC.NS(=O)(=O)C(F)(F)F.NS(=O)(=O)C(F)(F)F.